The third kappa shape index (κ3) is 3.41. The number of anilines is 2. The van der Waals surface area contributed by atoms with E-state index < -0.39 is 0 Å². The molecular formula is C11H16N6O. The van der Waals surface area contributed by atoms with E-state index in [9.17, 15) is 0 Å². The van der Waals surface area contributed by atoms with Crippen molar-refractivity contribution < 1.29 is 4.52 Å². The Morgan fingerprint density at radius 3 is 2.67 bits per heavy atom. The van der Waals surface area contributed by atoms with Gasteiger partial charge in [0.05, 0.1) is 0 Å². The van der Waals surface area contributed by atoms with Crippen molar-refractivity contribution in [2.24, 2.45) is 0 Å². The van der Waals surface area contributed by atoms with Crippen LogP contribution in [0.3, 0.4) is 0 Å². The molecule has 0 saturated carbocycles. The first-order chi connectivity index (χ1) is 8.78. The molecule has 0 aliphatic rings. The highest BCUT2D eigenvalue weighted by Gasteiger charge is 2.02. The Bertz CT molecular complexity index is 498. The van der Waals surface area contributed by atoms with E-state index in [1.807, 2.05) is 13.0 Å². The van der Waals surface area contributed by atoms with Crippen LogP contribution >= 0.6 is 0 Å². The minimum Gasteiger partial charge on any atom is -0.370 e. The van der Waals surface area contributed by atoms with E-state index in [1.54, 1.807) is 6.92 Å². The number of rotatable bonds is 6. The fraction of sp³-hybridized carbons (Fsp3) is 0.455. The van der Waals surface area contributed by atoms with E-state index in [0.29, 0.717) is 24.7 Å². The molecule has 0 aliphatic carbocycles. The maximum absolute atomic E-state index is 4.89. The van der Waals surface area contributed by atoms with Gasteiger partial charge in [-0.15, -0.1) is 0 Å². The molecule has 2 rings (SSSR count). The molecule has 0 radical (unpaired) electrons. The van der Waals surface area contributed by atoms with Crippen LogP contribution in [0.25, 0.3) is 0 Å². The van der Waals surface area contributed by atoms with E-state index in [1.165, 1.54) is 6.33 Å². The van der Waals surface area contributed by atoms with E-state index in [4.69, 9.17) is 4.52 Å². The summed E-state index contributed by atoms with van der Waals surface area (Å²) in [5.74, 6) is 2.87. The summed E-state index contributed by atoms with van der Waals surface area (Å²) >= 11 is 0. The Morgan fingerprint density at radius 1 is 1.22 bits per heavy atom. The van der Waals surface area contributed by atoms with Crippen LogP contribution in [0.1, 0.15) is 18.6 Å². The average Bonchev–Trinajstić information content (AvgIpc) is 2.76. The predicted molar refractivity (Wildman–Crippen MR) is 67.4 cm³/mol. The summed E-state index contributed by atoms with van der Waals surface area (Å²) in [6, 6.07) is 1.87. The third-order valence-electron chi connectivity index (χ3n) is 2.25. The van der Waals surface area contributed by atoms with Crippen LogP contribution in [0.15, 0.2) is 16.9 Å². The maximum Gasteiger partial charge on any atom is 0.223 e. The molecule has 0 bridgehead atoms. The molecule has 0 saturated heterocycles. The van der Waals surface area contributed by atoms with Crippen molar-refractivity contribution in [3.8, 4) is 0 Å². The largest absolute Gasteiger partial charge is 0.370 e. The van der Waals surface area contributed by atoms with Gasteiger partial charge in [-0.25, -0.2) is 9.97 Å². The molecule has 0 unspecified atom stereocenters. The van der Waals surface area contributed by atoms with Gasteiger partial charge in [0.25, 0.3) is 0 Å². The van der Waals surface area contributed by atoms with Gasteiger partial charge in [0, 0.05) is 32.5 Å². The van der Waals surface area contributed by atoms with Gasteiger partial charge in [-0.2, -0.15) is 4.98 Å². The third-order valence-corrected chi connectivity index (χ3v) is 2.25. The minimum absolute atomic E-state index is 0.585. The van der Waals surface area contributed by atoms with E-state index in [0.717, 1.165) is 18.2 Å². The van der Waals surface area contributed by atoms with Gasteiger partial charge >= 0.3 is 0 Å². The van der Waals surface area contributed by atoms with Crippen LogP contribution in [0.4, 0.5) is 11.6 Å². The van der Waals surface area contributed by atoms with Gasteiger partial charge in [-0.3, -0.25) is 0 Å². The van der Waals surface area contributed by atoms with Crippen LogP contribution in [0, 0.1) is 6.92 Å². The first-order valence-electron chi connectivity index (χ1n) is 5.87. The molecule has 7 nitrogen and oxygen atoms in total. The van der Waals surface area contributed by atoms with Crippen molar-refractivity contribution in [1.82, 2.24) is 20.1 Å². The van der Waals surface area contributed by atoms with Crippen molar-refractivity contribution in [1.29, 1.82) is 0 Å². The zero-order valence-corrected chi connectivity index (χ0v) is 10.5. The molecule has 7 heteroatoms. The van der Waals surface area contributed by atoms with Crippen molar-refractivity contribution in [3.05, 3.63) is 24.1 Å². The number of hydrogen-bond donors (Lipinski definition) is 2. The first kappa shape index (κ1) is 12.3. The molecule has 0 atom stereocenters. The summed E-state index contributed by atoms with van der Waals surface area (Å²) in [6.45, 7) is 5.32. The van der Waals surface area contributed by atoms with Crippen LogP contribution < -0.4 is 10.6 Å². The van der Waals surface area contributed by atoms with Crippen molar-refractivity contribution in [3.63, 3.8) is 0 Å². The summed E-state index contributed by atoms with van der Waals surface area (Å²) in [4.78, 5) is 12.4. The molecule has 0 aliphatic heterocycles. The highest BCUT2D eigenvalue weighted by atomic mass is 16.5. The summed E-state index contributed by atoms with van der Waals surface area (Å²) in [6.07, 6.45) is 2.22. The van der Waals surface area contributed by atoms with Gasteiger partial charge in [-0.05, 0) is 6.92 Å². The zero-order valence-electron chi connectivity index (χ0n) is 10.5. The lowest BCUT2D eigenvalue weighted by molar-refractivity contribution is 0.387. The van der Waals surface area contributed by atoms with Gasteiger partial charge in [-0.1, -0.05) is 5.16 Å². The van der Waals surface area contributed by atoms with Gasteiger partial charge < -0.3 is 15.2 Å². The molecule has 18 heavy (non-hydrogen) atoms. The summed E-state index contributed by atoms with van der Waals surface area (Å²) in [5, 5.41) is 10.1. The molecule has 0 fully saturated rings. The quantitative estimate of drug-likeness (QED) is 0.795. The SMILES string of the molecule is CCNc1cc(NCCc2noc(C)n2)ncn1. The second-order valence-electron chi connectivity index (χ2n) is 3.73. The normalized spacial score (nSPS) is 10.3. The summed E-state index contributed by atoms with van der Waals surface area (Å²) in [7, 11) is 0. The Balaban J connectivity index is 1.84. The fourth-order valence-corrected chi connectivity index (χ4v) is 1.48. The molecule has 2 N–H and O–H groups in total. The Kier molecular flexibility index (Phi) is 4.06. The fourth-order valence-electron chi connectivity index (χ4n) is 1.48. The van der Waals surface area contributed by atoms with Crippen LogP contribution in [0.5, 0.6) is 0 Å². The minimum atomic E-state index is 0.585. The molecule has 2 heterocycles. The van der Waals surface area contributed by atoms with Crippen LogP contribution in [-0.2, 0) is 6.42 Å². The average molecular weight is 248 g/mol. The molecule has 2 aromatic heterocycles. The molecule has 2 aromatic rings. The Morgan fingerprint density at radius 2 is 2.00 bits per heavy atom. The number of nitrogens with one attached hydrogen (secondary N) is 2. The molecule has 0 aromatic carbocycles. The van der Waals surface area contributed by atoms with Crippen LogP contribution in [-0.4, -0.2) is 33.2 Å². The lowest BCUT2D eigenvalue weighted by Crippen LogP contribution is -2.08. The summed E-state index contributed by atoms with van der Waals surface area (Å²) < 4.78 is 4.89. The number of nitrogens with zero attached hydrogens (tertiary/aromatic N) is 4. The molecule has 0 spiro atoms. The van der Waals surface area contributed by atoms with Crippen molar-refractivity contribution in [2.75, 3.05) is 23.7 Å². The van der Waals surface area contributed by atoms with Gasteiger partial charge in [0.2, 0.25) is 5.89 Å². The highest BCUT2D eigenvalue weighted by molar-refractivity contribution is 5.46. The van der Waals surface area contributed by atoms with E-state index in [-0.39, 0.29) is 0 Å². The lowest BCUT2D eigenvalue weighted by atomic mass is 10.4. The maximum atomic E-state index is 4.89. The predicted octanol–water partition coefficient (Wildman–Crippen LogP) is 1.25. The topological polar surface area (TPSA) is 88.8 Å². The smallest absolute Gasteiger partial charge is 0.223 e. The second-order valence-corrected chi connectivity index (χ2v) is 3.73. The van der Waals surface area contributed by atoms with Crippen molar-refractivity contribution >= 4 is 11.6 Å². The molecule has 0 amide bonds. The molecule has 96 valence electrons. The number of hydrogen-bond acceptors (Lipinski definition) is 7. The zero-order chi connectivity index (χ0) is 12.8. The lowest BCUT2D eigenvalue weighted by Gasteiger charge is -2.06. The second kappa shape index (κ2) is 5.95. The number of aromatic nitrogens is 4. The Hall–Kier alpha value is -2.18. The molecular weight excluding hydrogens is 232 g/mol. The number of aryl methyl sites for hydroxylation is 1. The standard InChI is InChI=1S/C11H16N6O/c1-3-12-10-6-11(15-7-14-10)13-5-4-9-16-8(2)18-17-9/h6-7H,3-5H2,1-2H3,(H2,12,13,14,15). The Labute approximate surface area is 105 Å². The summed E-state index contributed by atoms with van der Waals surface area (Å²) in [5.41, 5.74) is 0. The van der Waals surface area contributed by atoms with Crippen LogP contribution in [0.2, 0.25) is 0 Å². The van der Waals surface area contributed by atoms with Gasteiger partial charge in [0.1, 0.15) is 18.0 Å². The highest BCUT2D eigenvalue weighted by Crippen LogP contribution is 2.08. The van der Waals surface area contributed by atoms with E-state index in [2.05, 4.69) is 30.7 Å². The van der Waals surface area contributed by atoms with E-state index >= 15 is 0 Å². The monoisotopic (exact) mass is 248 g/mol. The van der Waals surface area contributed by atoms with Gasteiger partial charge in [0.15, 0.2) is 5.82 Å². The first-order valence-corrected chi connectivity index (χ1v) is 5.87. The van der Waals surface area contributed by atoms with Crippen molar-refractivity contribution in [2.45, 2.75) is 20.3 Å².